The summed E-state index contributed by atoms with van der Waals surface area (Å²) in [7, 11) is 0. The molecule has 0 N–H and O–H groups in total. The van der Waals surface area contributed by atoms with Crippen molar-refractivity contribution >= 4 is 121 Å². The van der Waals surface area contributed by atoms with E-state index in [1.54, 1.807) is 12.1 Å². The lowest BCUT2D eigenvalue weighted by atomic mass is 9.39. The minimum Gasteiger partial charge on any atom is -0.454 e. The normalized spacial score (nSPS) is 15.1. The molecule has 4 nitrogen and oxygen atoms in total. The third kappa shape index (κ3) is 10.0. The van der Waals surface area contributed by atoms with Crippen molar-refractivity contribution in [1.29, 1.82) is 0 Å². The van der Waals surface area contributed by atoms with Crippen LogP contribution in [0.4, 0.5) is 42.9 Å². The summed E-state index contributed by atoms with van der Waals surface area (Å²) >= 11 is 0. The van der Waals surface area contributed by atoms with E-state index < -0.39 is 33.3 Å². The fraction of sp³-hybridized carbons (Fsp3) is 0.0991. The SMILES string of the molecule is Cc1cccc(-c2cc(-c3ccccc3)cc(F)c2N(c2cc3c(c4ccccc24)-c2c(ccc4ccccc24)C3(C(C)(C)C)C2(C(C)(C)C)c3ccc4ccccc4c3-c3c2cc(N(c2c(F)cc(-c4ccccc4)cc2-c2ccccc2)c2cccc4c2oc2ccccc24)c2ccccc32)c2cccc3c2oc2ccccc23)c1. The zero-order valence-electron chi connectivity index (χ0n) is 66.0. The van der Waals surface area contributed by atoms with Crippen LogP contribution in [0.5, 0.6) is 0 Å². The Kier molecular flexibility index (Phi) is 15.5. The number of halogens is 2. The highest BCUT2D eigenvalue weighted by atomic mass is 19.1. The average Bonchev–Trinajstić information content (AvgIpc) is 1.47. The Bertz CT molecular complexity index is 7500. The van der Waals surface area contributed by atoms with E-state index in [1.807, 2.05) is 78.9 Å². The van der Waals surface area contributed by atoms with Crippen LogP contribution in [-0.2, 0) is 10.8 Å². The molecule has 2 aliphatic carbocycles. The third-order valence-corrected chi connectivity index (χ3v) is 25.8. The first-order chi connectivity index (χ1) is 57.1. The number of hydrogen-bond donors (Lipinski definition) is 0. The summed E-state index contributed by atoms with van der Waals surface area (Å²) in [4.78, 5) is 4.44. The van der Waals surface area contributed by atoms with Gasteiger partial charge in [0.25, 0.3) is 0 Å². The molecule has 22 rings (SSSR count). The van der Waals surface area contributed by atoms with Crippen LogP contribution in [-0.4, -0.2) is 0 Å². The van der Waals surface area contributed by atoms with Crippen LogP contribution in [0.2, 0.25) is 0 Å². The summed E-state index contributed by atoms with van der Waals surface area (Å²) < 4.78 is 54.3. The maximum absolute atomic E-state index is 19.9. The van der Waals surface area contributed by atoms with Crippen LogP contribution in [0.25, 0.3) is 154 Å². The zero-order valence-corrected chi connectivity index (χ0v) is 66.0. The number of para-hydroxylation sites is 4. The van der Waals surface area contributed by atoms with Gasteiger partial charge in [0.1, 0.15) is 22.8 Å². The van der Waals surface area contributed by atoms with Gasteiger partial charge in [0, 0.05) is 54.3 Å². The summed E-state index contributed by atoms with van der Waals surface area (Å²) in [5.41, 5.74) is 19.1. The molecule has 0 aliphatic heterocycles. The summed E-state index contributed by atoms with van der Waals surface area (Å²) in [6.45, 7) is 16.9. The summed E-state index contributed by atoms with van der Waals surface area (Å²) in [5.74, 6) is -0.803. The van der Waals surface area contributed by atoms with E-state index >= 15 is 8.78 Å². The van der Waals surface area contributed by atoms with Crippen LogP contribution in [0.15, 0.2) is 367 Å². The van der Waals surface area contributed by atoms with Crippen molar-refractivity contribution in [3.8, 4) is 66.8 Å². The number of hydrogen-bond acceptors (Lipinski definition) is 4. The number of aryl methyl sites for hydroxylation is 1. The molecule has 560 valence electrons. The summed E-state index contributed by atoms with van der Waals surface area (Å²) in [6.07, 6.45) is 0. The number of rotatable bonds is 11. The van der Waals surface area contributed by atoms with Gasteiger partial charge in [-0.15, -0.1) is 0 Å². The molecule has 18 aromatic carbocycles. The molecule has 20 aromatic rings. The van der Waals surface area contributed by atoms with E-state index in [2.05, 4.69) is 325 Å². The van der Waals surface area contributed by atoms with Crippen molar-refractivity contribution < 1.29 is 17.6 Å². The molecular formula is C111H80F2N2O2. The summed E-state index contributed by atoms with van der Waals surface area (Å²) in [5, 5.41) is 12.1. The van der Waals surface area contributed by atoms with Gasteiger partial charge in [-0.1, -0.05) is 344 Å². The Balaban J connectivity index is 0.940. The lowest BCUT2D eigenvalue weighted by molar-refractivity contribution is 0.0596. The Hall–Kier alpha value is -13.9. The van der Waals surface area contributed by atoms with Crippen molar-refractivity contribution in [3.63, 3.8) is 0 Å². The van der Waals surface area contributed by atoms with Gasteiger partial charge in [-0.2, -0.15) is 0 Å². The lowest BCUT2D eigenvalue weighted by Gasteiger charge is -2.62. The van der Waals surface area contributed by atoms with E-state index in [4.69, 9.17) is 8.83 Å². The highest BCUT2D eigenvalue weighted by Crippen LogP contribution is 2.78. The van der Waals surface area contributed by atoms with Crippen molar-refractivity contribution in [1.82, 2.24) is 0 Å². The molecule has 0 spiro atoms. The van der Waals surface area contributed by atoms with Crippen LogP contribution in [0, 0.1) is 29.4 Å². The third-order valence-electron chi connectivity index (χ3n) is 25.8. The topological polar surface area (TPSA) is 32.8 Å². The monoisotopic (exact) mass is 1510 g/mol. The zero-order chi connectivity index (χ0) is 79.0. The minimum absolute atomic E-state index is 0.375. The predicted molar refractivity (Wildman–Crippen MR) is 485 cm³/mol. The molecule has 2 unspecified atom stereocenters. The molecule has 0 bridgehead atoms. The lowest BCUT2D eigenvalue weighted by Crippen LogP contribution is -2.62. The maximum Gasteiger partial charge on any atom is 0.159 e. The maximum atomic E-state index is 19.9. The smallest absolute Gasteiger partial charge is 0.159 e. The van der Waals surface area contributed by atoms with Gasteiger partial charge in [0.2, 0.25) is 0 Å². The van der Waals surface area contributed by atoms with Crippen LogP contribution in [0.1, 0.15) is 69.4 Å². The van der Waals surface area contributed by atoms with E-state index in [-0.39, 0.29) is 0 Å². The number of furan rings is 2. The number of fused-ring (bicyclic) bond motifs is 20. The molecule has 0 radical (unpaired) electrons. The first kappa shape index (κ1) is 69.7. The molecule has 2 aliphatic rings. The first-order valence-corrected chi connectivity index (χ1v) is 40.6. The molecule has 6 heteroatoms. The van der Waals surface area contributed by atoms with E-state index in [0.717, 1.165) is 160 Å². The Morgan fingerprint density at radius 1 is 0.256 bits per heavy atom. The standard InChI is InChI=1S/C111H80F2N2O2/c1-67-32-29-41-73(60-67)87-62-75(69-35-13-9-14-36-69)64-93(113)105(87)115(95-53-31-51-85-81-47-26-28-55-99(81)117-107(85)95)97-66-91-103(83-49-24-22-45-79(83)97)101-77-43-20-18-40-72(77)57-59-89(101)111(91,109(5,6)7)110(108(2,3)4)88-58-56-71-39-17-19-42-76(71)100(88)102-82-48-23-21-44-78(82)96(65-90(102)110)114(94-52-30-50-84-80-46-25-27-54-98(80)116-106(84)94)104-86(70-37-15-10-16-38-70)61-74(63-92(104)112)68-33-11-8-12-34-68/h8-66H,1-7H3. The highest BCUT2D eigenvalue weighted by molar-refractivity contribution is 6.22. The molecule has 117 heavy (non-hydrogen) atoms. The van der Waals surface area contributed by atoms with Gasteiger partial charge in [-0.05, 0) is 189 Å². The van der Waals surface area contributed by atoms with Gasteiger partial charge < -0.3 is 18.6 Å². The first-order valence-electron chi connectivity index (χ1n) is 40.6. The molecule has 0 saturated carbocycles. The molecular weight excluding hydrogens is 1430 g/mol. The molecule has 2 aromatic heterocycles. The minimum atomic E-state index is -1.14. The van der Waals surface area contributed by atoms with E-state index in [1.165, 1.54) is 11.1 Å². The van der Waals surface area contributed by atoms with Crippen molar-refractivity contribution in [3.05, 3.63) is 397 Å². The number of benzene rings is 18. The van der Waals surface area contributed by atoms with E-state index in [9.17, 15) is 0 Å². The molecule has 0 amide bonds. The van der Waals surface area contributed by atoms with Gasteiger partial charge in [0.05, 0.1) is 34.1 Å². The van der Waals surface area contributed by atoms with Crippen molar-refractivity contribution in [2.75, 3.05) is 9.80 Å². The highest BCUT2D eigenvalue weighted by Gasteiger charge is 2.71. The van der Waals surface area contributed by atoms with Crippen molar-refractivity contribution in [2.45, 2.75) is 59.3 Å². The fourth-order valence-corrected chi connectivity index (χ4v) is 21.4. The Morgan fingerprint density at radius 3 is 1.03 bits per heavy atom. The molecule has 2 heterocycles. The quantitative estimate of drug-likeness (QED) is 0.129. The van der Waals surface area contributed by atoms with Gasteiger partial charge in [-0.3, -0.25) is 0 Å². The molecule has 0 saturated heterocycles. The second-order valence-corrected chi connectivity index (χ2v) is 34.0. The molecule has 2 atom stereocenters. The van der Waals surface area contributed by atoms with Crippen LogP contribution < -0.4 is 9.80 Å². The van der Waals surface area contributed by atoms with Crippen LogP contribution in [0.3, 0.4) is 0 Å². The van der Waals surface area contributed by atoms with Gasteiger partial charge in [-0.25, -0.2) is 8.78 Å². The van der Waals surface area contributed by atoms with Gasteiger partial charge >= 0.3 is 0 Å². The summed E-state index contributed by atoms with van der Waals surface area (Å²) in [6, 6.07) is 126. The average molecular weight is 1510 g/mol. The van der Waals surface area contributed by atoms with Gasteiger partial charge in [0.15, 0.2) is 11.2 Å². The Labute approximate surface area is 678 Å². The largest absolute Gasteiger partial charge is 0.454 e. The number of anilines is 6. The second-order valence-electron chi connectivity index (χ2n) is 34.0. The Morgan fingerprint density at radius 2 is 0.598 bits per heavy atom. The second kappa shape index (κ2) is 26.0. The van der Waals surface area contributed by atoms with Crippen molar-refractivity contribution in [2.24, 2.45) is 10.8 Å². The van der Waals surface area contributed by atoms with Crippen LogP contribution >= 0.6 is 0 Å². The predicted octanol–water partition coefficient (Wildman–Crippen LogP) is 31.6. The fourth-order valence-electron chi connectivity index (χ4n) is 21.4. The van der Waals surface area contributed by atoms with E-state index in [0.29, 0.717) is 45.0 Å². The number of nitrogens with zero attached hydrogens (tertiary/aromatic N) is 2. The molecule has 0 fully saturated rings.